The Bertz CT molecular complexity index is 1310. The molecule has 2 N–H and O–H groups in total. The van der Waals surface area contributed by atoms with E-state index in [-0.39, 0.29) is 5.88 Å². The van der Waals surface area contributed by atoms with Crippen molar-refractivity contribution in [2.24, 2.45) is 0 Å². The first-order chi connectivity index (χ1) is 16.5. The van der Waals surface area contributed by atoms with Gasteiger partial charge in [-0.1, -0.05) is 54.6 Å². The highest BCUT2D eigenvalue weighted by Gasteiger charge is 2.54. The van der Waals surface area contributed by atoms with Gasteiger partial charge in [-0.2, -0.15) is 0 Å². The quantitative estimate of drug-likeness (QED) is 0.323. The van der Waals surface area contributed by atoms with Gasteiger partial charge >= 0.3 is 12.1 Å². The average molecular weight is 457 g/mol. The minimum atomic E-state index is -0.873. The Morgan fingerprint density at radius 2 is 1.68 bits per heavy atom. The van der Waals surface area contributed by atoms with Crippen LogP contribution in [0, 0.1) is 0 Å². The fourth-order valence-corrected chi connectivity index (χ4v) is 3.96. The maximum atomic E-state index is 12.4. The van der Waals surface area contributed by atoms with Crippen molar-refractivity contribution in [3.8, 4) is 22.5 Å². The number of carbonyl (C=O) groups is 2. The van der Waals surface area contributed by atoms with Crippen LogP contribution in [0.4, 0.5) is 10.7 Å². The first-order valence-electron chi connectivity index (χ1n) is 11.0. The van der Waals surface area contributed by atoms with Gasteiger partial charge in [0.05, 0.1) is 6.26 Å². The van der Waals surface area contributed by atoms with Crippen LogP contribution in [0.3, 0.4) is 0 Å². The van der Waals surface area contributed by atoms with E-state index >= 15 is 0 Å². The van der Waals surface area contributed by atoms with Crippen molar-refractivity contribution in [2.45, 2.75) is 31.3 Å². The zero-order valence-electron chi connectivity index (χ0n) is 18.5. The number of furan rings is 2. The number of rotatable bonds is 7. The molecule has 0 bridgehead atoms. The van der Waals surface area contributed by atoms with Gasteiger partial charge in [-0.25, -0.2) is 4.79 Å². The molecule has 1 aliphatic rings. The molecule has 2 heterocycles. The summed E-state index contributed by atoms with van der Waals surface area (Å²) in [4.78, 5) is 23.9. The van der Waals surface area contributed by atoms with Crippen molar-refractivity contribution >= 4 is 17.9 Å². The predicted octanol–water partition coefficient (Wildman–Crippen LogP) is 6.63. The fourth-order valence-electron chi connectivity index (χ4n) is 3.96. The summed E-state index contributed by atoms with van der Waals surface area (Å²) < 4.78 is 16.8. The molecule has 1 amide bonds. The van der Waals surface area contributed by atoms with Crippen molar-refractivity contribution in [3.05, 3.63) is 90.4 Å². The number of carbonyl (C=O) groups excluding carboxylic acids is 1. The lowest BCUT2D eigenvalue weighted by Crippen LogP contribution is -2.18. The van der Waals surface area contributed by atoms with Crippen molar-refractivity contribution in [2.75, 3.05) is 5.32 Å². The molecule has 4 aromatic rings. The molecule has 1 atom stereocenters. The largest absolute Gasteiger partial charge is 0.480 e. The second kappa shape index (κ2) is 8.59. The number of ether oxygens (including phenoxy) is 1. The van der Waals surface area contributed by atoms with Crippen LogP contribution < -0.4 is 5.32 Å². The molecule has 2 aromatic heterocycles. The molecule has 2 aromatic carbocycles. The van der Waals surface area contributed by atoms with Crippen LogP contribution in [0.2, 0.25) is 0 Å². The number of aliphatic carboxylic acids is 1. The topological polar surface area (TPSA) is 102 Å². The number of nitrogens with one attached hydrogen (secondary N) is 1. The van der Waals surface area contributed by atoms with E-state index in [4.69, 9.17) is 13.6 Å². The van der Waals surface area contributed by atoms with E-state index in [0.717, 1.165) is 16.7 Å². The SMILES string of the molecule is CC(OC(=O)Nc1occc1-c1ccc(-c2ccc(C3(C(=O)O)CC3)o2)cc1)c1ccccc1. The van der Waals surface area contributed by atoms with Gasteiger partial charge in [-0.15, -0.1) is 0 Å². The summed E-state index contributed by atoms with van der Waals surface area (Å²) in [5, 5.41) is 12.1. The molecule has 0 radical (unpaired) electrons. The maximum absolute atomic E-state index is 12.4. The smallest absolute Gasteiger partial charge is 0.414 e. The number of carboxylic acids is 1. The molecule has 7 nitrogen and oxygen atoms in total. The number of carboxylic acid groups (broad SMARTS) is 1. The van der Waals surface area contributed by atoms with E-state index in [1.54, 1.807) is 25.1 Å². The third kappa shape index (κ3) is 4.08. The number of hydrogen-bond donors (Lipinski definition) is 2. The van der Waals surface area contributed by atoms with Crippen LogP contribution in [0.25, 0.3) is 22.5 Å². The molecule has 1 fully saturated rings. The Morgan fingerprint density at radius 3 is 2.35 bits per heavy atom. The molecular weight excluding hydrogens is 434 g/mol. The third-order valence-corrected chi connectivity index (χ3v) is 6.15. The number of amides is 1. The van der Waals surface area contributed by atoms with Crippen LogP contribution >= 0.6 is 0 Å². The van der Waals surface area contributed by atoms with Gasteiger partial charge in [0.15, 0.2) is 0 Å². The molecule has 7 heteroatoms. The van der Waals surface area contributed by atoms with E-state index in [1.165, 1.54) is 6.26 Å². The van der Waals surface area contributed by atoms with Gasteiger partial charge in [0.1, 0.15) is 23.0 Å². The van der Waals surface area contributed by atoms with Crippen LogP contribution in [-0.4, -0.2) is 17.2 Å². The van der Waals surface area contributed by atoms with E-state index in [2.05, 4.69) is 5.32 Å². The number of anilines is 1. The number of hydrogen-bond acceptors (Lipinski definition) is 5. The van der Waals surface area contributed by atoms with Crippen molar-refractivity contribution < 1.29 is 28.3 Å². The molecule has 0 aliphatic heterocycles. The first kappa shape index (κ1) is 21.6. The minimum Gasteiger partial charge on any atom is -0.480 e. The summed E-state index contributed by atoms with van der Waals surface area (Å²) >= 11 is 0. The van der Waals surface area contributed by atoms with Crippen LogP contribution in [0.1, 0.15) is 37.2 Å². The molecule has 0 spiro atoms. The molecule has 0 saturated heterocycles. The van der Waals surface area contributed by atoms with Gasteiger partial charge < -0.3 is 18.7 Å². The van der Waals surface area contributed by atoms with Gasteiger partial charge in [0, 0.05) is 11.1 Å². The maximum Gasteiger partial charge on any atom is 0.414 e. The highest BCUT2D eigenvalue weighted by molar-refractivity contribution is 5.89. The van der Waals surface area contributed by atoms with Crippen LogP contribution in [0.15, 0.2) is 87.9 Å². The summed E-state index contributed by atoms with van der Waals surface area (Å²) in [6.07, 6.45) is 1.67. The summed E-state index contributed by atoms with van der Waals surface area (Å²) in [6, 6.07) is 22.3. The Morgan fingerprint density at radius 1 is 0.971 bits per heavy atom. The lowest BCUT2D eigenvalue weighted by Gasteiger charge is -2.14. The van der Waals surface area contributed by atoms with E-state index < -0.39 is 23.6 Å². The molecule has 172 valence electrons. The molecule has 1 saturated carbocycles. The highest BCUT2D eigenvalue weighted by Crippen LogP contribution is 2.49. The van der Waals surface area contributed by atoms with Gasteiger partial charge in [-0.3, -0.25) is 10.1 Å². The van der Waals surface area contributed by atoms with Crippen molar-refractivity contribution in [1.29, 1.82) is 0 Å². The molecular formula is C27H23NO6. The fraction of sp³-hybridized carbons (Fsp3) is 0.185. The van der Waals surface area contributed by atoms with Gasteiger partial charge in [-0.05, 0) is 49.1 Å². The van der Waals surface area contributed by atoms with Crippen molar-refractivity contribution in [1.82, 2.24) is 0 Å². The summed E-state index contributed by atoms with van der Waals surface area (Å²) in [6.45, 7) is 1.80. The standard InChI is InChI=1S/C27H23NO6/c1-17(18-5-3-2-4-6-18)33-26(31)28-24-21(13-16-32-24)19-7-9-20(10-8-19)22-11-12-23(34-22)27(14-15-27)25(29)30/h2-13,16-17H,14-15H2,1H3,(H,28,31)(H,29,30). The van der Waals surface area contributed by atoms with E-state index in [0.29, 0.717) is 29.9 Å². The molecule has 34 heavy (non-hydrogen) atoms. The zero-order valence-corrected chi connectivity index (χ0v) is 18.5. The van der Waals surface area contributed by atoms with Crippen LogP contribution in [-0.2, 0) is 14.9 Å². The van der Waals surface area contributed by atoms with Gasteiger partial charge in [0.25, 0.3) is 0 Å². The Kier molecular flexibility index (Phi) is 5.45. The Labute approximate surface area is 196 Å². The number of benzene rings is 2. The van der Waals surface area contributed by atoms with Crippen molar-refractivity contribution in [3.63, 3.8) is 0 Å². The van der Waals surface area contributed by atoms with Gasteiger partial charge in [0.2, 0.25) is 5.88 Å². The summed E-state index contributed by atoms with van der Waals surface area (Å²) in [5.41, 5.74) is 2.39. The lowest BCUT2D eigenvalue weighted by atomic mass is 10.0. The average Bonchev–Trinajstić information content (AvgIpc) is 3.29. The van der Waals surface area contributed by atoms with E-state index in [9.17, 15) is 14.7 Å². The predicted molar refractivity (Wildman–Crippen MR) is 125 cm³/mol. The minimum absolute atomic E-state index is 0.287. The lowest BCUT2D eigenvalue weighted by molar-refractivity contribution is -0.140. The second-order valence-electron chi connectivity index (χ2n) is 8.38. The highest BCUT2D eigenvalue weighted by atomic mass is 16.6. The van der Waals surface area contributed by atoms with E-state index in [1.807, 2.05) is 54.6 Å². The second-order valence-corrected chi connectivity index (χ2v) is 8.38. The third-order valence-electron chi connectivity index (χ3n) is 6.15. The Hall–Kier alpha value is -4.26. The Balaban J connectivity index is 1.28. The molecule has 1 unspecified atom stereocenters. The normalized spacial score (nSPS) is 14.9. The summed E-state index contributed by atoms with van der Waals surface area (Å²) in [7, 11) is 0. The summed E-state index contributed by atoms with van der Waals surface area (Å²) in [5.74, 6) is 0.539. The zero-order chi connectivity index (χ0) is 23.7. The first-order valence-corrected chi connectivity index (χ1v) is 11.0. The molecule has 1 aliphatic carbocycles. The van der Waals surface area contributed by atoms with Crippen LogP contribution in [0.5, 0.6) is 0 Å². The monoisotopic (exact) mass is 457 g/mol. The molecule has 5 rings (SSSR count).